The molecule has 2 aliphatic heterocycles. The van der Waals surface area contributed by atoms with Gasteiger partial charge in [0.25, 0.3) is 5.91 Å². The fourth-order valence-corrected chi connectivity index (χ4v) is 5.71. The second-order valence-electron chi connectivity index (χ2n) is 9.16. The lowest BCUT2D eigenvalue weighted by Gasteiger charge is -2.32. The van der Waals surface area contributed by atoms with Gasteiger partial charge in [-0.1, -0.05) is 68.7 Å². The number of hydrogen-bond acceptors (Lipinski definition) is 5. The van der Waals surface area contributed by atoms with Gasteiger partial charge in [-0.05, 0) is 56.4 Å². The maximum Gasteiger partial charge on any atom is 0.266 e. The molecule has 3 heterocycles. The summed E-state index contributed by atoms with van der Waals surface area (Å²) >= 11 is 6.98. The van der Waals surface area contributed by atoms with Crippen LogP contribution in [0.3, 0.4) is 0 Å². The van der Waals surface area contributed by atoms with Gasteiger partial charge < -0.3 is 4.90 Å². The topological polar surface area (TPSA) is 36.4 Å². The number of benzene rings is 1. The van der Waals surface area contributed by atoms with Crippen LogP contribution in [0, 0.1) is 12.8 Å². The zero-order chi connectivity index (χ0) is 22.7. The summed E-state index contributed by atoms with van der Waals surface area (Å²) in [6.07, 6.45) is 8.89. The van der Waals surface area contributed by atoms with Gasteiger partial charge in [0.15, 0.2) is 0 Å². The van der Waals surface area contributed by atoms with E-state index in [2.05, 4.69) is 49.9 Å². The number of pyridine rings is 1. The Labute approximate surface area is 201 Å². The van der Waals surface area contributed by atoms with Crippen molar-refractivity contribution in [2.75, 3.05) is 24.5 Å². The molecular weight excluding hydrogens is 434 g/mol. The van der Waals surface area contributed by atoms with Crippen LogP contribution in [0.2, 0.25) is 0 Å². The second-order valence-corrected chi connectivity index (χ2v) is 10.8. The highest BCUT2D eigenvalue weighted by atomic mass is 32.2. The summed E-state index contributed by atoms with van der Waals surface area (Å²) in [5.41, 5.74) is 3.23. The molecule has 6 heteroatoms. The van der Waals surface area contributed by atoms with Gasteiger partial charge in [-0.15, -0.1) is 0 Å². The Morgan fingerprint density at radius 2 is 1.97 bits per heavy atom. The summed E-state index contributed by atoms with van der Waals surface area (Å²) in [6.45, 7) is 9.34. The van der Waals surface area contributed by atoms with Crippen molar-refractivity contribution in [3.63, 3.8) is 0 Å². The number of amides is 1. The Hall–Kier alpha value is -1.92. The molecule has 0 N–H and O–H groups in total. The maximum absolute atomic E-state index is 13.1. The number of rotatable bonds is 7. The fraction of sp³-hybridized carbons (Fsp3) is 0.500. The number of thiocarbonyl (C=S) groups is 1. The van der Waals surface area contributed by atoms with Crippen molar-refractivity contribution in [3.8, 4) is 0 Å². The van der Waals surface area contributed by atoms with E-state index in [1.807, 2.05) is 6.08 Å². The van der Waals surface area contributed by atoms with Gasteiger partial charge in [0.05, 0.1) is 10.4 Å². The standard InChI is InChI=1S/C26H33N3OS2/c1-4-5-6-7-12-29-25(30)23(32-26(29)31)17-21-16-20-15-19(3)8-9-22(20)27-24(21)28-13-10-18(2)11-14-28/h8-9,15-18H,4-7,10-14H2,1-3H3/b23-17-. The molecule has 0 aliphatic carbocycles. The molecule has 0 atom stereocenters. The van der Waals surface area contributed by atoms with E-state index in [0.717, 1.165) is 54.1 Å². The first kappa shape index (κ1) is 23.2. The van der Waals surface area contributed by atoms with Crippen molar-refractivity contribution < 1.29 is 4.79 Å². The monoisotopic (exact) mass is 467 g/mol. The van der Waals surface area contributed by atoms with E-state index in [4.69, 9.17) is 17.2 Å². The van der Waals surface area contributed by atoms with Gasteiger partial charge in [0.1, 0.15) is 10.1 Å². The van der Waals surface area contributed by atoms with Crippen LogP contribution in [-0.2, 0) is 4.79 Å². The molecule has 0 saturated carbocycles. The zero-order valence-electron chi connectivity index (χ0n) is 19.4. The van der Waals surface area contributed by atoms with E-state index in [1.54, 1.807) is 4.90 Å². The van der Waals surface area contributed by atoms with Crippen molar-refractivity contribution in [2.45, 2.75) is 59.3 Å². The van der Waals surface area contributed by atoms with Crippen LogP contribution in [0.5, 0.6) is 0 Å². The SMILES string of the molecule is CCCCCCN1C(=O)/C(=C/c2cc3cc(C)ccc3nc2N2CCC(C)CC2)SC1=S. The van der Waals surface area contributed by atoms with Crippen molar-refractivity contribution >= 4 is 57.0 Å². The van der Waals surface area contributed by atoms with Gasteiger partial charge in [-0.25, -0.2) is 4.98 Å². The van der Waals surface area contributed by atoms with Gasteiger partial charge in [0.2, 0.25) is 0 Å². The van der Waals surface area contributed by atoms with Crippen LogP contribution in [0.1, 0.15) is 63.5 Å². The molecule has 0 bridgehead atoms. The molecule has 4 rings (SSSR count). The Kier molecular flexibility index (Phi) is 7.51. The summed E-state index contributed by atoms with van der Waals surface area (Å²) < 4.78 is 0.677. The third-order valence-corrected chi connectivity index (χ3v) is 7.83. The first-order valence-electron chi connectivity index (χ1n) is 11.9. The fourth-order valence-electron chi connectivity index (χ4n) is 4.41. The lowest BCUT2D eigenvalue weighted by molar-refractivity contribution is -0.122. The summed E-state index contributed by atoms with van der Waals surface area (Å²) in [6, 6.07) is 8.57. The molecule has 1 amide bonds. The van der Waals surface area contributed by atoms with E-state index in [-0.39, 0.29) is 5.91 Å². The average molecular weight is 468 g/mol. The van der Waals surface area contributed by atoms with E-state index in [9.17, 15) is 4.79 Å². The van der Waals surface area contributed by atoms with Crippen LogP contribution in [0.4, 0.5) is 5.82 Å². The smallest absolute Gasteiger partial charge is 0.266 e. The Morgan fingerprint density at radius 1 is 1.19 bits per heavy atom. The van der Waals surface area contributed by atoms with Crippen LogP contribution < -0.4 is 4.90 Å². The molecule has 0 unspecified atom stereocenters. The third-order valence-electron chi connectivity index (χ3n) is 6.46. The first-order chi connectivity index (χ1) is 15.5. The lowest BCUT2D eigenvalue weighted by atomic mass is 9.98. The number of carbonyl (C=O) groups is 1. The van der Waals surface area contributed by atoms with Crippen molar-refractivity contribution in [3.05, 3.63) is 40.3 Å². The number of unbranched alkanes of at least 4 members (excludes halogenated alkanes) is 3. The minimum Gasteiger partial charge on any atom is -0.356 e. The van der Waals surface area contributed by atoms with Crippen LogP contribution >= 0.6 is 24.0 Å². The number of nitrogens with zero attached hydrogens (tertiary/aromatic N) is 3. The second kappa shape index (κ2) is 10.3. The summed E-state index contributed by atoms with van der Waals surface area (Å²) in [5, 5.41) is 1.11. The Bertz CT molecular complexity index is 1040. The summed E-state index contributed by atoms with van der Waals surface area (Å²) in [4.78, 5) is 23.1. The number of aromatic nitrogens is 1. The maximum atomic E-state index is 13.1. The molecule has 2 fully saturated rings. The van der Waals surface area contributed by atoms with E-state index < -0.39 is 0 Å². The predicted molar refractivity (Wildman–Crippen MR) is 141 cm³/mol. The van der Waals surface area contributed by atoms with Gasteiger partial charge in [-0.2, -0.15) is 0 Å². The van der Waals surface area contributed by atoms with Crippen LogP contribution in [0.25, 0.3) is 17.0 Å². The number of aryl methyl sites for hydroxylation is 1. The third kappa shape index (κ3) is 5.18. The molecule has 170 valence electrons. The summed E-state index contributed by atoms with van der Waals surface area (Å²) in [7, 11) is 0. The highest BCUT2D eigenvalue weighted by Gasteiger charge is 2.32. The van der Waals surface area contributed by atoms with Crippen LogP contribution in [0.15, 0.2) is 29.2 Å². The molecule has 0 spiro atoms. The highest BCUT2D eigenvalue weighted by molar-refractivity contribution is 8.26. The molecule has 1 aromatic carbocycles. The van der Waals surface area contributed by atoms with E-state index in [1.165, 1.54) is 43.0 Å². The minimum absolute atomic E-state index is 0.0408. The molecule has 2 saturated heterocycles. The predicted octanol–water partition coefficient (Wildman–Crippen LogP) is 6.56. The minimum atomic E-state index is 0.0408. The van der Waals surface area contributed by atoms with E-state index >= 15 is 0 Å². The van der Waals surface area contributed by atoms with Crippen molar-refractivity contribution in [2.24, 2.45) is 5.92 Å². The normalized spacial score (nSPS) is 19.0. The lowest BCUT2D eigenvalue weighted by Crippen LogP contribution is -2.34. The summed E-state index contributed by atoms with van der Waals surface area (Å²) in [5.74, 6) is 1.78. The molecule has 32 heavy (non-hydrogen) atoms. The Morgan fingerprint density at radius 3 is 2.72 bits per heavy atom. The number of fused-ring (bicyclic) bond motifs is 1. The Balaban J connectivity index is 1.66. The van der Waals surface area contributed by atoms with Gasteiger partial charge in [0, 0.05) is 30.6 Å². The number of carbonyl (C=O) groups excluding carboxylic acids is 1. The van der Waals surface area contributed by atoms with E-state index in [0.29, 0.717) is 15.8 Å². The quantitative estimate of drug-likeness (QED) is 0.262. The molecule has 2 aromatic rings. The van der Waals surface area contributed by atoms with Gasteiger partial charge in [-0.3, -0.25) is 9.69 Å². The molecule has 2 aliphatic rings. The number of hydrogen-bond donors (Lipinski definition) is 0. The first-order valence-corrected chi connectivity index (χ1v) is 13.1. The molecule has 1 aromatic heterocycles. The van der Waals surface area contributed by atoms with Crippen LogP contribution in [-0.4, -0.2) is 39.7 Å². The highest BCUT2D eigenvalue weighted by Crippen LogP contribution is 2.36. The number of thioether (sulfide) groups is 1. The van der Waals surface area contributed by atoms with Gasteiger partial charge >= 0.3 is 0 Å². The van der Waals surface area contributed by atoms with Crippen molar-refractivity contribution in [1.29, 1.82) is 0 Å². The number of anilines is 1. The molecular formula is C26H33N3OS2. The molecule has 4 nitrogen and oxygen atoms in total. The average Bonchev–Trinajstić information content (AvgIpc) is 3.04. The molecule has 0 radical (unpaired) electrons. The largest absolute Gasteiger partial charge is 0.356 e. The number of piperidine rings is 1. The van der Waals surface area contributed by atoms with Crippen molar-refractivity contribution in [1.82, 2.24) is 9.88 Å². The zero-order valence-corrected chi connectivity index (χ0v) is 21.0.